The molecule has 0 fully saturated rings. The molecule has 18 nitrogen and oxygen atoms in total. The van der Waals surface area contributed by atoms with Crippen LogP contribution in [0.15, 0.2) is 84.9 Å². The molecule has 0 spiro atoms. The topological polar surface area (TPSA) is 249 Å². The number of ether oxygens (including phenoxy) is 2. The Labute approximate surface area is 244 Å². The van der Waals surface area contributed by atoms with Gasteiger partial charge >= 0.3 is 0 Å². The first-order valence-corrected chi connectivity index (χ1v) is 11.9. The minimum absolute atomic E-state index is 0.0810. The van der Waals surface area contributed by atoms with Gasteiger partial charge in [0.05, 0.1) is 56.1 Å². The van der Waals surface area contributed by atoms with Crippen LogP contribution in [0.4, 0.5) is 22.7 Å². The van der Waals surface area contributed by atoms with Crippen molar-refractivity contribution in [3.63, 3.8) is 0 Å². The molecule has 222 valence electrons. The Balaban J connectivity index is 1.35. The second-order valence-electron chi connectivity index (χ2n) is 8.56. The molecule has 18 heteroatoms. The Kier molecular flexibility index (Phi) is 8.64. The van der Waals surface area contributed by atoms with Crippen LogP contribution in [0.2, 0.25) is 0 Å². The molecule has 0 bridgehead atoms. The first kappa shape index (κ1) is 30.0. The number of hydrazine groups is 1. The van der Waals surface area contributed by atoms with Crippen molar-refractivity contribution in [3.05, 3.63) is 137 Å². The van der Waals surface area contributed by atoms with Crippen molar-refractivity contribution in [3.8, 4) is 23.0 Å². The zero-order chi connectivity index (χ0) is 32.0. The fourth-order valence-corrected chi connectivity index (χ4v) is 3.55. The van der Waals surface area contributed by atoms with Crippen LogP contribution in [0.5, 0.6) is 23.0 Å². The lowest BCUT2D eigenvalue weighted by Crippen LogP contribution is -2.41. The first-order chi connectivity index (χ1) is 20.9. The number of hydrogen-bond acceptors (Lipinski definition) is 12. The van der Waals surface area contributed by atoms with Crippen LogP contribution in [-0.4, -0.2) is 31.5 Å². The number of non-ortho nitro benzene ring substituents is 4. The van der Waals surface area contributed by atoms with Gasteiger partial charge < -0.3 is 9.47 Å². The van der Waals surface area contributed by atoms with Crippen LogP contribution >= 0.6 is 0 Å². The van der Waals surface area contributed by atoms with Gasteiger partial charge in [-0.3, -0.25) is 60.9 Å². The number of amides is 2. The van der Waals surface area contributed by atoms with Crippen LogP contribution in [0, 0.1) is 40.5 Å². The SMILES string of the molecule is O=C(NNC(=O)c1ccc(Oc2cc([N+](=O)[O-])cc([N+](=O)[O-])c2)cc1)c1ccc(Oc2cc([N+](=O)[O-])cc([N+](=O)[O-])c2)cc1. The quantitative estimate of drug-likeness (QED) is 0.180. The third kappa shape index (κ3) is 7.40. The third-order valence-electron chi connectivity index (χ3n) is 5.59. The summed E-state index contributed by atoms with van der Waals surface area (Å²) < 4.78 is 10.9. The molecular weight excluding hydrogens is 588 g/mol. The van der Waals surface area contributed by atoms with Crippen molar-refractivity contribution in [1.82, 2.24) is 10.9 Å². The minimum Gasteiger partial charge on any atom is -0.457 e. The lowest BCUT2D eigenvalue weighted by molar-refractivity contribution is -0.394. The monoisotopic (exact) mass is 604 g/mol. The number of rotatable bonds is 10. The van der Waals surface area contributed by atoms with E-state index in [1.807, 2.05) is 0 Å². The molecule has 0 aromatic heterocycles. The summed E-state index contributed by atoms with van der Waals surface area (Å²) in [7, 11) is 0. The molecule has 0 saturated carbocycles. The summed E-state index contributed by atoms with van der Waals surface area (Å²) in [5.41, 5.74) is 2.40. The predicted octanol–water partition coefficient (Wildman–Crippen LogP) is 4.98. The Morgan fingerprint density at radius 3 is 0.977 bits per heavy atom. The molecule has 44 heavy (non-hydrogen) atoms. The smallest absolute Gasteiger partial charge is 0.280 e. The van der Waals surface area contributed by atoms with E-state index in [9.17, 15) is 50.0 Å². The largest absolute Gasteiger partial charge is 0.457 e. The van der Waals surface area contributed by atoms with Gasteiger partial charge in [0.15, 0.2) is 0 Å². The van der Waals surface area contributed by atoms with E-state index < -0.39 is 54.3 Å². The summed E-state index contributed by atoms with van der Waals surface area (Å²) in [6.45, 7) is 0. The van der Waals surface area contributed by atoms with Crippen molar-refractivity contribution >= 4 is 34.6 Å². The Morgan fingerprint density at radius 2 is 0.727 bits per heavy atom. The van der Waals surface area contributed by atoms with E-state index >= 15 is 0 Å². The molecule has 0 unspecified atom stereocenters. The highest BCUT2D eigenvalue weighted by Gasteiger charge is 2.19. The molecule has 0 heterocycles. The molecule has 0 radical (unpaired) electrons. The second-order valence-corrected chi connectivity index (χ2v) is 8.56. The molecule has 4 aromatic rings. The van der Waals surface area contributed by atoms with E-state index in [4.69, 9.17) is 9.47 Å². The van der Waals surface area contributed by atoms with E-state index in [1.165, 1.54) is 48.5 Å². The maximum Gasteiger partial charge on any atom is 0.280 e. The number of carbonyl (C=O) groups excluding carboxylic acids is 2. The highest BCUT2D eigenvalue weighted by Crippen LogP contribution is 2.32. The summed E-state index contributed by atoms with van der Waals surface area (Å²) >= 11 is 0. The van der Waals surface area contributed by atoms with Crippen LogP contribution in [0.3, 0.4) is 0 Å². The third-order valence-corrected chi connectivity index (χ3v) is 5.59. The lowest BCUT2D eigenvalue weighted by atomic mass is 10.2. The fourth-order valence-electron chi connectivity index (χ4n) is 3.55. The zero-order valence-electron chi connectivity index (χ0n) is 21.8. The second kappa shape index (κ2) is 12.7. The van der Waals surface area contributed by atoms with E-state index in [0.717, 1.165) is 36.4 Å². The van der Waals surface area contributed by atoms with Gasteiger partial charge in [-0.05, 0) is 48.5 Å². The molecule has 0 atom stereocenters. The zero-order valence-corrected chi connectivity index (χ0v) is 21.8. The first-order valence-electron chi connectivity index (χ1n) is 11.9. The number of benzene rings is 4. The lowest BCUT2D eigenvalue weighted by Gasteiger charge is -2.10. The summed E-state index contributed by atoms with van der Waals surface area (Å²) in [6.07, 6.45) is 0. The van der Waals surface area contributed by atoms with Gasteiger partial charge in [0.25, 0.3) is 34.6 Å². The van der Waals surface area contributed by atoms with Crippen molar-refractivity contribution in [2.75, 3.05) is 0 Å². The Hall–Kier alpha value is -6.98. The summed E-state index contributed by atoms with van der Waals surface area (Å²) in [6, 6.07) is 16.1. The molecule has 2 N–H and O–H groups in total. The van der Waals surface area contributed by atoms with Crippen molar-refractivity contribution in [1.29, 1.82) is 0 Å². The van der Waals surface area contributed by atoms with Gasteiger partial charge in [0.2, 0.25) is 0 Å². The highest BCUT2D eigenvalue weighted by molar-refractivity contribution is 5.99. The number of nitrogens with one attached hydrogen (secondary N) is 2. The maximum absolute atomic E-state index is 12.5. The van der Waals surface area contributed by atoms with E-state index in [1.54, 1.807) is 0 Å². The van der Waals surface area contributed by atoms with E-state index in [2.05, 4.69) is 10.9 Å². The van der Waals surface area contributed by atoms with Gasteiger partial charge in [0.1, 0.15) is 23.0 Å². The van der Waals surface area contributed by atoms with Gasteiger partial charge in [0, 0.05) is 11.1 Å². The number of nitro groups is 4. The normalized spacial score (nSPS) is 10.3. The van der Waals surface area contributed by atoms with Gasteiger partial charge in [-0.15, -0.1) is 0 Å². The Bertz CT molecular complexity index is 1610. The summed E-state index contributed by atoms with van der Waals surface area (Å²) in [5, 5.41) is 44.2. The van der Waals surface area contributed by atoms with Crippen molar-refractivity contribution in [2.24, 2.45) is 0 Å². The van der Waals surface area contributed by atoms with Gasteiger partial charge in [-0.1, -0.05) is 0 Å². The Morgan fingerprint density at radius 1 is 0.455 bits per heavy atom. The van der Waals surface area contributed by atoms with E-state index in [0.29, 0.717) is 0 Å². The average molecular weight is 604 g/mol. The molecule has 0 aliphatic heterocycles. The van der Waals surface area contributed by atoms with Gasteiger partial charge in [-0.2, -0.15) is 0 Å². The minimum atomic E-state index is -0.806. The number of nitrogens with zero attached hydrogens (tertiary/aromatic N) is 4. The standard InChI is InChI=1S/C26H16N6O12/c33-25(15-1-5-21(6-2-15)43-23-11-17(29(35)36)9-18(12-23)30(37)38)27-28-26(34)16-3-7-22(8-4-16)44-24-13-19(31(39)40)10-20(14-24)32(41)42/h1-14H,(H,27,33)(H,28,34). The number of carbonyl (C=O) groups is 2. The molecule has 4 rings (SSSR count). The average Bonchev–Trinajstić information content (AvgIpc) is 3.00. The molecular formula is C26H16N6O12. The maximum atomic E-state index is 12.5. The van der Waals surface area contributed by atoms with Gasteiger partial charge in [-0.25, -0.2) is 0 Å². The van der Waals surface area contributed by atoms with Crippen molar-refractivity contribution in [2.45, 2.75) is 0 Å². The molecule has 0 saturated heterocycles. The molecule has 0 aliphatic rings. The molecule has 2 amide bonds. The predicted molar refractivity (Wildman–Crippen MR) is 147 cm³/mol. The molecule has 4 aromatic carbocycles. The van der Waals surface area contributed by atoms with E-state index in [-0.39, 0.29) is 34.1 Å². The summed E-state index contributed by atoms with van der Waals surface area (Å²) in [4.78, 5) is 65.9. The highest BCUT2D eigenvalue weighted by atomic mass is 16.6. The number of hydrogen-bond donors (Lipinski definition) is 2. The van der Waals surface area contributed by atoms with Crippen LogP contribution in [0.25, 0.3) is 0 Å². The van der Waals surface area contributed by atoms with Crippen molar-refractivity contribution < 1.29 is 38.8 Å². The summed E-state index contributed by atoms with van der Waals surface area (Å²) in [5.74, 6) is -1.55. The number of nitro benzene ring substituents is 4. The fraction of sp³-hybridized carbons (Fsp3) is 0. The van der Waals surface area contributed by atoms with Crippen LogP contribution in [0.1, 0.15) is 20.7 Å². The van der Waals surface area contributed by atoms with Crippen LogP contribution < -0.4 is 20.3 Å². The van der Waals surface area contributed by atoms with Crippen LogP contribution in [-0.2, 0) is 0 Å². The molecule has 0 aliphatic carbocycles.